The number of nitrogens with one attached hydrogen (secondary N) is 1. The normalized spacial score (nSPS) is 16.0. The summed E-state index contributed by atoms with van der Waals surface area (Å²) in [5.74, 6) is -0.750. The summed E-state index contributed by atoms with van der Waals surface area (Å²) in [6.07, 6.45) is 3.23. The summed E-state index contributed by atoms with van der Waals surface area (Å²) in [7, 11) is 0. The van der Waals surface area contributed by atoms with Crippen LogP contribution in [0, 0.1) is 0 Å². The molecule has 1 N–H and O–H groups in total. The Morgan fingerprint density at radius 3 is 2.79 bits per heavy atom. The first-order chi connectivity index (χ1) is 11.4. The fraction of sp³-hybridized carbons (Fsp3) is 0.389. The smallest absolute Gasteiger partial charge is 0.343 e. The van der Waals surface area contributed by atoms with Gasteiger partial charge in [0.15, 0.2) is 0 Å². The number of carbonyl (C=O) groups is 2. The first-order valence-corrected chi connectivity index (χ1v) is 8.09. The molecule has 1 aromatic heterocycles. The van der Waals surface area contributed by atoms with Gasteiger partial charge in [0.05, 0.1) is 12.1 Å². The lowest BCUT2D eigenvalue weighted by Gasteiger charge is -2.28. The molecule has 1 aromatic carbocycles. The van der Waals surface area contributed by atoms with Crippen molar-refractivity contribution in [1.29, 1.82) is 0 Å². The minimum Gasteiger partial charge on any atom is -0.462 e. The predicted molar refractivity (Wildman–Crippen MR) is 91.5 cm³/mol. The van der Waals surface area contributed by atoms with E-state index in [9.17, 15) is 14.4 Å². The van der Waals surface area contributed by atoms with E-state index in [-0.39, 0.29) is 29.5 Å². The van der Waals surface area contributed by atoms with Gasteiger partial charge in [0.2, 0.25) is 11.3 Å². The van der Waals surface area contributed by atoms with Crippen LogP contribution in [0.2, 0.25) is 0 Å². The van der Waals surface area contributed by atoms with E-state index in [1.54, 1.807) is 25.3 Å². The van der Waals surface area contributed by atoms with Crippen LogP contribution in [-0.2, 0) is 16.0 Å². The van der Waals surface area contributed by atoms with Crippen LogP contribution in [0.1, 0.15) is 49.2 Å². The van der Waals surface area contributed by atoms with Crippen LogP contribution < -0.4 is 10.7 Å². The zero-order valence-electron chi connectivity index (χ0n) is 14.0. The number of nitrogens with zero attached hydrogens (tertiary/aromatic N) is 1. The number of aromatic nitrogens is 1. The van der Waals surface area contributed by atoms with Gasteiger partial charge in [0.25, 0.3) is 0 Å². The third kappa shape index (κ3) is 2.58. The van der Waals surface area contributed by atoms with Gasteiger partial charge < -0.3 is 14.6 Å². The van der Waals surface area contributed by atoms with E-state index >= 15 is 0 Å². The maximum Gasteiger partial charge on any atom is 0.343 e. The molecule has 1 aliphatic rings. The Morgan fingerprint density at radius 2 is 2.12 bits per heavy atom. The summed E-state index contributed by atoms with van der Waals surface area (Å²) >= 11 is 0. The largest absolute Gasteiger partial charge is 0.462 e. The molecule has 3 rings (SSSR count). The Labute approximate surface area is 139 Å². The molecule has 6 heteroatoms. The zero-order chi connectivity index (χ0) is 17.4. The highest BCUT2D eigenvalue weighted by molar-refractivity contribution is 5.98. The summed E-state index contributed by atoms with van der Waals surface area (Å²) in [5, 5.41) is 3.31. The average molecular weight is 328 g/mol. The molecule has 1 aliphatic heterocycles. The number of benzene rings is 1. The minimum atomic E-state index is -0.599. The molecule has 0 radical (unpaired) electrons. The molecular weight excluding hydrogens is 308 g/mol. The van der Waals surface area contributed by atoms with Crippen molar-refractivity contribution in [3.05, 3.63) is 39.7 Å². The molecule has 0 saturated heterocycles. The van der Waals surface area contributed by atoms with Gasteiger partial charge in [-0.3, -0.25) is 9.59 Å². The van der Waals surface area contributed by atoms with Crippen molar-refractivity contribution in [3.63, 3.8) is 0 Å². The molecule has 6 nitrogen and oxygen atoms in total. The number of anilines is 1. The highest BCUT2D eigenvalue weighted by Crippen LogP contribution is 2.34. The van der Waals surface area contributed by atoms with Gasteiger partial charge in [0, 0.05) is 35.8 Å². The van der Waals surface area contributed by atoms with Crippen molar-refractivity contribution in [2.24, 2.45) is 0 Å². The number of hydrogen-bond acceptors (Lipinski definition) is 4. The van der Waals surface area contributed by atoms with E-state index in [0.717, 1.165) is 29.6 Å². The van der Waals surface area contributed by atoms with Crippen molar-refractivity contribution < 1.29 is 14.3 Å². The van der Waals surface area contributed by atoms with E-state index in [4.69, 9.17) is 4.74 Å². The van der Waals surface area contributed by atoms with Crippen molar-refractivity contribution in [2.75, 3.05) is 11.9 Å². The van der Waals surface area contributed by atoms with E-state index < -0.39 is 5.97 Å². The van der Waals surface area contributed by atoms with Crippen LogP contribution >= 0.6 is 0 Å². The Kier molecular flexibility index (Phi) is 4.13. The summed E-state index contributed by atoms with van der Waals surface area (Å²) in [5.41, 5.74) is 2.17. The second-order valence-electron chi connectivity index (χ2n) is 6.06. The third-order valence-electron chi connectivity index (χ3n) is 4.39. The molecule has 0 saturated carbocycles. The monoisotopic (exact) mass is 328 g/mol. The van der Waals surface area contributed by atoms with E-state index in [1.165, 1.54) is 6.92 Å². The molecular formula is C18H20N2O4. The number of esters is 1. The third-order valence-corrected chi connectivity index (χ3v) is 4.39. The van der Waals surface area contributed by atoms with Gasteiger partial charge in [-0.05, 0) is 38.8 Å². The Morgan fingerprint density at radius 1 is 1.38 bits per heavy atom. The molecule has 0 bridgehead atoms. The zero-order valence-corrected chi connectivity index (χ0v) is 14.0. The summed E-state index contributed by atoms with van der Waals surface area (Å²) in [6, 6.07) is 3.56. The second kappa shape index (κ2) is 6.11. The molecule has 126 valence electrons. The molecule has 0 fully saturated rings. The van der Waals surface area contributed by atoms with Gasteiger partial charge >= 0.3 is 5.97 Å². The van der Waals surface area contributed by atoms with Crippen molar-refractivity contribution in [1.82, 2.24) is 4.57 Å². The fourth-order valence-electron chi connectivity index (χ4n) is 3.28. The number of hydrogen-bond donors (Lipinski definition) is 1. The number of pyridine rings is 1. The van der Waals surface area contributed by atoms with Crippen molar-refractivity contribution in [2.45, 2.75) is 39.7 Å². The van der Waals surface area contributed by atoms with Gasteiger partial charge in [-0.25, -0.2) is 4.79 Å². The number of amides is 1. The number of rotatable bonds is 3. The van der Waals surface area contributed by atoms with Crippen LogP contribution in [0.25, 0.3) is 10.9 Å². The fourth-order valence-corrected chi connectivity index (χ4v) is 3.28. The van der Waals surface area contributed by atoms with Gasteiger partial charge in [0.1, 0.15) is 5.56 Å². The number of carbonyl (C=O) groups excluding carboxylic acids is 2. The Bertz CT molecular complexity index is 898. The average Bonchev–Trinajstić information content (AvgIpc) is 2.53. The molecule has 1 atom stereocenters. The second-order valence-corrected chi connectivity index (χ2v) is 6.06. The van der Waals surface area contributed by atoms with E-state index in [1.807, 2.05) is 11.5 Å². The van der Waals surface area contributed by atoms with E-state index in [2.05, 4.69) is 5.32 Å². The van der Waals surface area contributed by atoms with Crippen LogP contribution in [0.15, 0.2) is 23.1 Å². The van der Waals surface area contributed by atoms with Crippen LogP contribution in [-0.4, -0.2) is 23.1 Å². The van der Waals surface area contributed by atoms with Crippen LogP contribution in [0.3, 0.4) is 0 Å². The first-order valence-electron chi connectivity index (χ1n) is 8.09. The molecule has 2 aromatic rings. The molecule has 1 amide bonds. The van der Waals surface area contributed by atoms with Crippen molar-refractivity contribution >= 4 is 28.5 Å². The SMILES string of the molecule is CCOC(=O)c1cn2c3c(c(NC(C)=O)ccc3c1=O)CCC2C. The molecule has 24 heavy (non-hydrogen) atoms. The lowest BCUT2D eigenvalue weighted by molar-refractivity contribution is -0.114. The van der Waals surface area contributed by atoms with Crippen molar-refractivity contribution in [3.8, 4) is 0 Å². The van der Waals surface area contributed by atoms with Gasteiger partial charge in [-0.15, -0.1) is 0 Å². The lowest BCUT2D eigenvalue weighted by Crippen LogP contribution is -2.25. The quantitative estimate of drug-likeness (QED) is 0.879. The predicted octanol–water partition coefficient (Wildman–Crippen LogP) is 2.64. The summed E-state index contributed by atoms with van der Waals surface area (Å²) in [6.45, 7) is 5.44. The molecule has 2 heterocycles. The van der Waals surface area contributed by atoms with E-state index in [0.29, 0.717) is 5.39 Å². The highest BCUT2D eigenvalue weighted by atomic mass is 16.5. The van der Waals surface area contributed by atoms with Gasteiger partial charge in [-0.1, -0.05) is 0 Å². The first kappa shape index (κ1) is 16.2. The number of aryl methyl sites for hydroxylation is 1. The topological polar surface area (TPSA) is 77.4 Å². The summed E-state index contributed by atoms with van der Waals surface area (Å²) in [4.78, 5) is 36.3. The Hall–Kier alpha value is -2.63. The van der Waals surface area contributed by atoms with Gasteiger partial charge in [-0.2, -0.15) is 0 Å². The van der Waals surface area contributed by atoms with Crippen LogP contribution in [0.4, 0.5) is 5.69 Å². The highest BCUT2D eigenvalue weighted by Gasteiger charge is 2.25. The minimum absolute atomic E-state index is 0.0522. The Balaban J connectivity index is 2.31. The van der Waals surface area contributed by atoms with Crippen LogP contribution in [0.5, 0.6) is 0 Å². The standard InChI is InChI=1S/C18H20N2O4/c1-4-24-18(23)14-9-20-10(2)5-6-12-15(19-11(3)21)8-7-13(16(12)20)17(14)22/h7-10H,4-6H2,1-3H3,(H,19,21). The summed E-state index contributed by atoms with van der Waals surface area (Å²) < 4.78 is 6.96. The molecule has 1 unspecified atom stereocenters. The maximum absolute atomic E-state index is 12.7. The number of ether oxygens (including phenoxy) is 1. The molecule has 0 aliphatic carbocycles. The maximum atomic E-state index is 12.7. The lowest BCUT2D eigenvalue weighted by atomic mass is 9.94. The molecule has 0 spiro atoms.